The molecule has 1 saturated heterocycles. The molecule has 94 valence electrons. The molecule has 1 heterocycles. The summed E-state index contributed by atoms with van der Waals surface area (Å²) in [6.45, 7) is 3.65. The average molecular weight is 258 g/mol. The highest BCUT2D eigenvalue weighted by Crippen LogP contribution is 2.29. The van der Waals surface area contributed by atoms with Crippen LogP contribution in [0.4, 0.5) is 4.39 Å². The molecule has 2 rings (SSSR count). The van der Waals surface area contributed by atoms with E-state index < -0.39 is 11.4 Å². The van der Waals surface area contributed by atoms with Crippen molar-refractivity contribution >= 4 is 11.6 Å². The lowest BCUT2D eigenvalue weighted by Gasteiger charge is -2.38. The van der Waals surface area contributed by atoms with E-state index in [-0.39, 0.29) is 10.9 Å². The summed E-state index contributed by atoms with van der Waals surface area (Å²) < 4.78 is 13.0. The third-order valence-electron chi connectivity index (χ3n) is 3.60. The van der Waals surface area contributed by atoms with Crippen molar-refractivity contribution in [2.24, 2.45) is 5.92 Å². The molecule has 0 aliphatic carbocycles. The summed E-state index contributed by atoms with van der Waals surface area (Å²) in [5, 5.41) is 13.9. The van der Waals surface area contributed by atoms with Crippen LogP contribution in [-0.4, -0.2) is 23.8 Å². The highest BCUT2D eigenvalue weighted by molar-refractivity contribution is 6.30. The van der Waals surface area contributed by atoms with Crippen molar-refractivity contribution in [3.05, 3.63) is 34.6 Å². The number of halogens is 2. The normalized spacial score (nSPS) is 29.3. The topological polar surface area (TPSA) is 32.3 Å². The van der Waals surface area contributed by atoms with Gasteiger partial charge < -0.3 is 10.4 Å². The molecule has 2 N–H and O–H groups in total. The third-order valence-corrected chi connectivity index (χ3v) is 3.89. The summed E-state index contributed by atoms with van der Waals surface area (Å²) in [6.07, 6.45) is 1.24. The number of nitrogens with one attached hydrogen (secondary N) is 1. The summed E-state index contributed by atoms with van der Waals surface area (Å²) >= 11 is 5.74. The molecule has 2 unspecified atom stereocenters. The smallest absolute Gasteiger partial charge is 0.141 e. The molecule has 2 nitrogen and oxygen atoms in total. The number of rotatable bonds is 2. The highest BCUT2D eigenvalue weighted by atomic mass is 35.5. The number of benzene rings is 1. The van der Waals surface area contributed by atoms with Gasteiger partial charge in [-0.3, -0.25) is 0 Å². The largest absolute Gasteiger partial charge is 0.389 e. The van der Waals surface area contributed by atoms with Crippen LogP contribution in [0, 0.1) is 11.7 Å². The molecule has 1 fully saturated rings. The fourth-order valence-electron chi connectivity index (χ4n) is 2.33. The van der Waals surface area contributed by atoms with E-state index in [0.29, 0.717) is 12.8 Å². The molecule has 1 aromatic rings. The predicted octanol–water partition coefficient (Wildman–Crippen LogP) is 2.38. The van der Waals surface area contributed by atoms with Gasteiger partial charge >= 0.3 is 0 Å². The van der Waals surface area contributed by atoms with Crippen LogP contribution in [0.3, 0.4) is 0 Å². The second-order valence-electron chi connectivity index (χ2n) is 4.88. The van der Waals surface area contributed by atoms with E-state index in [9.17, 15) is 9.50 Å². The fraction of sp³-hybridized carbons (Fsp3) is 0.538. The second-order valence-corrected chi connectivity index (χ2v) is 5.29. The minimum atomic E-state index is -0.716. The molecular weight excluding hydrogens is 241 g/mol. The van der Waals surface area contributed by atoms with Crippen LogP contribution in [0.1, 0.15) is 18.9 Å². The molecule has 1 aliphatic rings. The first kappa shape index (κ1) is 12.8. The summed E-state index contributed by atoms with van der Waals surface area (Å²) in [5.74, 6) is -0.235. The van der Waals surface area contributed by atoms with Gasteiger partial charge in [0.1, 0.15) is 5.82 Å². The van der Waals surface area contributed by atoms with Crippen molar-refractivity contribution in [1.82, 2.24) is 5.32 Å². The van der Waals surface area contributed by atoms with Crippen molar-refractivity contribution in [2.75, 3.05) is 13.1 Å². The summed E-state index contributed by atoms with van der Waals surface area (Å²) in [4.78, 5) is 0. The Morgan fingerprint density at radius 1 is 1.59 bits per heavy atom. The number of piperidine rings is 1. The van der Waals surface area contributed by atoms with Crippen LogP contribution in [-0.2, 0) is 6.42 Å². The Morgan fingerprint density at radius 3 is 3.00 bits per heavy atom. The van der Waals surface area contributed by atoms with Crippen LogP contribution in [0.25, 0.3) is 0 Å². The zero-order valence-corrected chi connectivity index (χ0v) is 10.6. The number of hydrogen-bond donors (Lipinski definition) is 2. The van der Waals surface area contributed by atoms with Gasteiger partial charge in [-0.1, -0.05) is 24.6 Å². The van der Waals surface area contributed by atoms with E-state index in [0.717, 1.165) is 18.7 Å². The quantitative estimate of drug-likeness (QED) is 0.853. The van der Waals surface area contributed by atoms with E-state index in [1.165, 1.54) is 6.07 Å². The molecule has 0 spiro atoms. The highest BCUT2D eigenvalue weighted by Gasteiger charge is 2.35. The lowest BCUT2D eigenvalue weighted by molar-refractivity contribution is -0.0329. The molecule has 2 atom stereocenters. The van der Waals surface area contributed by atoms with Gasteiger partial charge in [-0.2, -0.15) is 0 Å². The van der Waals surface area contributed by atoms with Gasteiger partial charge in [-0.15, -0.1) is 0 Å². The Labute approximate surface area is 106 Å². The molecule has 1 aliphatic heterocycles. The Kier molecular flexibility index (Phi) is 3.71. The summed E-state index contributed by atoms with van der Waals surface area (Å²) in [5.41, 5.74) is 0.166. The Morgan fingerprint density at radius 2 is 2.35 bits per heavy atom. The van der Waals surface area contributed by atoms with Gasteiger partial charge in [-0.25, -0.2) is 4.39 Å². The Balaban J connectivity index is 2.16. The lowest BCUT2D eigenvalue weighted by atomic mass is 9.78. The zero-order chi connectivity index (χ0) is 12.5. The molecule has 0 amide bonds. The monoisotopic (exact) mass is 257 g/mol. The van der Waals surface area contributed by atoms with E-state index in [4.69, 9.17) is 11.6 Å². The summed E-state index contributed by atoms with van der Waals surface area (Å²) in [7, 11) is 0. The minimum Gasteiger partial charge on any atom is -0.389 e. The Bertz CT molecular complexity index is 412. The van der Waals surface area contributed by atoms with Gasteiger partial charge in [-0.05, 0) is 36.6 Å². The van der Waals surface area contributed by atoms with Crippen molar-refractivity contribution in [2.45, 2.75) is 25.4 Å². The molecule has 17 heavy (non-hydrogen) atoms. The SMILES string of the molecule is CC1CNCCC1(O)Cc1ccc(F)c(Cl)c1. The van der Waals surface area contributed by atoms with Crippen molar-refractivity contribution < 1.29 is 9.50 Å². The number of hydrogen-bond acceptors (Lipinski definition) is 2. The van der Waals surface area contributed by atoms with Gasteiger partial charge in [0.05, 0.1) is 10.6 Å². The standard InChI is InChI=1S/C13H17ClFNO/c1-9-8-16-5-4-13(9,17)7-10-2-3-12(15)11(14)6-10/h2-3,6,9,16-17H,4-5,7-8H2,1H3. The first-order valence-corrected chi connectivity index (χ1v) is 6.26. The average Bonchev–Trinajstić information content (AvgIpc) is 2.28. The second kappa shape index (κ2) is 4.92. The third kappa shape index (κ3) is 2.79. The first-order valence-electron chi connectivity index (χ1n) is 5.88. The molecule has 0 radical (unpaired) electrons. The van der Waals surface area contributed by atoms with Crippen LogP contribution in [0.2, 0.25) is 5.02 Å². The first-order chi connectivity index (χ1) is 8.01. The van der Waals surface area contributed by atoms with Gasteiger partial charge in [0, 0.05) is 13.0 Å². The molecule has 4 heteroatoms. The maximum Gasteiger partial charge on any atom is 0.141 e. The molecular formula is C13H17ClFNO. The van der Waals surface area contributed by atoms with E-state index in [1.807, 2.05) is 6.92 Å². The zero-order valence-electron chi connectivity index (χ0n) is 9.84. The predicted molar refractivity (Wildman–Crippen MR) is 66.7 cm³/mol. The van der Waals surface area contributed by atoms with Crippen LogP contribution in [0.5, 0.6) is 0 Å². The minimum absolute atomic E-state index is 0.118. The van der Waals surface area contributed by atoms with Crippen LogP contribution < -0.4 is 5.32 Å². The Hall–Kier alpha value is -0.640. The lowest BCUT2D eigenvalue weighted by Crippen LogP contribution is -2.50. The fourth-order valence-corrected chi connectivity index (χ4v) is 2.53. The van der Waals surface area contributed by atoms with E-state index in [2.05, 4.69) is 5.32 Å². The van der Waals surface area contributed by atoms with E-state index >= 15 is 0 Å². The summed E-state index contributed by atoms with van der Waals surface area (Å²) in [6, 6.07) is 4.64. The van der Waals surface area contributed by atoms with Gasteiger partial charge in [0.2, 0.25) is 0 Å². The van der Waals surface area contributed by atoms with Crippen molar-refractivity contribution in [3.8, 4) is 0 Å². The van der Waals surface area contributed by atoms with E-state index in [1.54, 1.807) is 12.1 Å². The van der Waals surface area contributed by atoms with Gasteiger partial charge in [0.25, 0.3) is 0 Å². The van der Waals surface area contributed by atoms with Crippen molar-refractivity contribution in [3.63, 3.8) is 0 Å². The molecule has 0 bridgehead atoms. The maximum atomic E-state index is 13.0. The molecule has 0 aromatic heterocycles. The molecule has 0 saturated carbocycles. The van der Waals surface area contributed by atoms with Gasteiger partial charge in [0.15, 0.2) is 0 Å². The maximum absolute atomic E-state index is 13.0. The number of aliphatic hydroxyl groups is 1. The molecule has 1 aromatic carbocycles. The van der Waals surface area contributed by atoms with Crippen molar-refractivity contribution in [1.29, 1.82) is 0 Å². The van der Waals surface area contributed by atoms with Crippen LogP contribution in [0.15, 0.2) is 18.2 Å². The van der Waals surface area contributed by atoms with Crippen LogP contribution >= 0.6 is 11.6 Å².